The number of amidine groups is 1. The van der Waals surface area contributed by atoms with Crippen molar-refractivity contribution in [2.45, 2.75) is 19.3 Å². The monoisotopic (exact) mass is 289 g/mol. The summed E-state index contributed by atoms with van der Waals surface area (Å²) in [7, 11) is 0. The molecule has 1 saturated heterocycles. The quantitative estimate of drug-likeness (QED) is 0.803. The van der Waals surface area contributed by atoms with E-state index in [2.05, 4.69) is 14.9 Å². The first-order valence-corrected chi connectivity index (χ1v) is 7.46. The van der Waals surface area contributed by atoms with Gasteiger partial charge in [0.2, 0.25) is 0 Å². The van der Waals surface area contributed by atoms with Gasteiger partial charge in [0.1, 0.15) is 5.75 Å². The Labute approximate surface area is 121 Å². The van der Waals surface area contributed by atoms with Gasteiger partial charge in [-0.1, -0.05) is 0 Å². The molecule has 0 atom stereocenters. The lowest BCUT2D eigenvalue weighted by Crippen LogP contribution is -2.33. The van der Waals surface area contributed by atoms with Crippen LogP contribution in [0.15, 0.2) is 28.4 Å². The third kappa shape index (κ3) is 2.70. The van der Waals surface area contributed by atoms with Gasteiger partial charge < -0.3 is 10.0 Å². The second-order valence-electron chi connectivity index (χ2n) is 4.79. The fourth-order valence-electron chi connectivity index (χ4n) is 2.27. The van der Waals surface area contributed by atoms with Gasteiger partial charge in [0.05, 0.1) is 4.91 Å². The average Bonchev–Trinajstić information content (AvgIpc) is 2.84. The average molecular weight is 289 g/mol. The minimum atomic E-state index is -0.237. The molecule has 2 aliphatic rings. The molecule has 5 nitrogen and oxygen atoms in total. The van der Waals surface area contributed by atoms with E-state index >= 15 is 0 Å². The van der Waals surface area contributed by atoms with Gasteiger partial charge in [-0.3, -0.25) is 9.78 Å². The lowest BCUT2D eigenvalue weighted by Gasteiger charge is -2.27. The van der Waals surface area contributed by atoms with Gasteiger partial charge in [-0.15, -0.1) is 0 Å². The van der Waals surface area contributed by atoms with Crippen LogP contribution in [0, 0.1) is 0 Å². The molecular weight excluding hydrogens is 274 g/mol. The molecule has 0 spiro atoms. The SMILES string of the molecule is O=C1N=C(N2CCCCC2)S/C1=C/c1cnccc1O. The van der Waals surface area contributed by atoms with Crippen molar-refractivity contribution in [3.63, 3.8) is 0 Å². The van der Waals surface area contributed by atoms with Crippen LogP contribution in [0.2, 0.25) is 0 Å². The summed E-state index contributed by atoms with van der Waals surface area (Å²) in [6, 6.07) is 1.50. The number of hydrogen-bond donors (Lipinski definition) is 1. The molecule has 0 saturated carbocycles. The Hall–Kier alpha value is -1.82. The smallest absolute Gasteiger partial charge is 0.286 e. The molecule has 0 aliphatic carbocycles. The first-order chi connectivity index (χ1) is 9.74. The van der Waals surface area contributed by atoms with E-state index in [0.717, 1.165) is 31.1 Å². The fraction of sp³-hybridized carbons (Fsp3) is 0.357. The van der Waals surface area contributed by atoms with Crippen LogP contribution in [0.3, 0.4) is 0 Å². The summed E-state index contributed by atoms with van der Waals surface area (Å²) >= 11 is 1.38. The third-order valence-electron chi connectivity index (χ3n) is 3.35. The van der Waals surface area contributed by atoms with E-state index in [4.69, 9.17) is 0 Å². The van der Waals surface area contributed by atoms with Crippen LogP contribution in [0.1, 0.15) is 24.8 Å². The Balaban J connectivity index is 1.78. The summed E-state index contributed by atoms with van der Waals surface area (Å²) in [5, 5.41) is 10.5. The zero-order valence-corrected chi connectivity index (χ0v) is 11.8. The number of carbonyl (C=O) groups is 1. The van der Waals surface area contributed by atoms with Gasteiger partial charge in [0, 0.05) is 31.0 Å². The number of carbonyl (C=O) groups excluding carboxylic acids is 1. The van der Waals surface area contributed by atoms with E-state index in [1.54, 1.807) is 6.08 Å². The highest BCUT2D eigenvalue weighted by atomic mass is 32.2. The van der Waals surface area contributed by atoms with E-state index < -0.39 is 0 Å². The summed E-state index contributed by atoms with van der Waals surface area (Å²) in [5.74, 6) is -0.119. The standard InChI is InChI=1S/C14H15N3O2S/c18-11-4-5-15-9-10(11)8-12-13(19)16-14(20-12)17-6-2-1-3-7-17/h4-5,8-9H,1-3,6-7H2,(H,15,18)/b12-8+. The summed E-state index contributed by atoms with van der Waals surface area (Å²) in [6.07, 6.45) is 8.24. The van der Waals surface area contributed by atoms with Gasteiger partial charge in [0.25, 0.3) is 5.91 Å². The van der Waals surface area contributed by atoms with Crippen LogP contribution < -0.4 is 0 Å². The number of piperidine rings is 1. The maximum absolute atomic E-state index is 11.9. The number of aliphatic imine (C=N–C) groups is 1. The van der Waals surface area contributed by atoms with Crippen LogP contribution in [0.5, 0.6) is 5.75 Å². The molecule has 104 valence electrons. The van der Waals surface area contributed by atoms with Crippen LogP contribution in [0.4, 0.5) is 0 Å². The molecule has 0 bridgehead atoms. The molecule has 3 rings (SSSR count). The lowest BCUT2D eigenvalue weighted by molar-refractivity contribution is -0.113. The predicted molar refractivity (Wildman–Crippen MR) is 79.3 cm³/mol. The number of hydrogen-bond acceptors (Lipinski definition) is 5. The van der Waals surface area contributed by atoms with Crippen molar-refractivity contribution in [3.05, 3.63) is 28.9 Å². The molecule has 1 aromatic heterocycles. The molecular formula is C14H15N3O2S. The van der Waals surface area contributed by atoms with Crippen LogP contribution in [-0.4, -0.2) is 39.2 Å². The molecule has 2 aliphatic heterocycles. The van der Waals surface area contributed by atoms with Gasteiger partial charge in [-0.2, -0.15) is 4.99 Å². The number of likely N-dealkylation sites (tertiary alicyclic amines) is 1. The first-order valence-electron chi connectivity index (χ1n) is 6.64. The van der Waals surface area contributed by atoms with Crippen molar-refractivity contribution in [2.24, 2.45) is 4.99 Å². The first kappa shape index (κ1) is 13.2. The van der Waals surface area contributed by atoms with Crippen LogP contribution in [0.25, 0.3) is 6.08 Å². The number of rotatable bonds is 1. The number of pyridine rings is 1. The van der Waals surface area contributed by atoms with Crippen molar-refractivity contribution in [1.29, 1.82) is 0 Å². The fourth-order valence-corrected chi connectivity index (χ4v) is 3.23. The van der Waals surface area contributed by atoms with Gasteiger partial charge >= 0.3 is 0 Å². The van der Waals surface area contributed by atoms with E-state index in [0.29, 0.717) is 10.5 Å². The molecule has 6 heteroatoms. The highest BCUT2D eigenvalue weighted by molar-refractivity contribution is 8.18. The number of amides is 1. The Bertz CT molecular complexity index is 592. The molecule has 0 unspecified atom stereocenters. The summed E-state index contributed by atoms with van der Waals surface area (Å²) in [4.78, 5) is 22.7. The van der Waals surface area contributed by atoms with Crippen LogP contribution >= 0.6 is 11.8 Å². The summed E-state index contributed by atoms with van der Waals surface area (Å²) < 4.78 is 0. The van der Waals surface area contributed by atoms with E-state index in [1.807, 2.05) is 0 Å². The maximum atomic E-state index is 11.9. The van der Waals surface area contributed by atoms with Gasteiger partial charge in [-0.05, 0) is 43.2 Å². The molecule has 20 heavy (non-hydrogen) atoms. The minimum absolute atomic E-state index is 0.118. The van der Waals surface area contributed by atoms with Crippen molar-refractivity contribution in [1.82, 2.24) is 9.88 Å². The van der Waals surface area contributed by atoms with E-state index in [9.17, 15) is 9.90 Å². The maximum Gasteiger partial charge on any atom is 0.286 e. The Morgan fingerprint density at radius 1 is 1.30 bits per heavy atom. The summed E-state index contributed by atoms with van der Waals surface area (Å²) in [6.45, 7) is 1.93. The van der Waals surface area contributed by atoms with Crippen molar-refractivity contribution < 1.29 is 9.90 Å². The second kappa shape index (κ2) is 5.66. The molecule has 0 radical (unpaired) electrons. The predicted octanol–water partition coefficient (Wildman–Crippen LogP) is 2.24. The van der Waals surface area contributed by atoms with Crippen molar-refractivity contribution in [2.75, 3.05) is 13.1 Å². The highest BCUT2D eigenvalue weighted by Gasteiger charge is 2.27. The number of nitrogens with zero attached hydrogens (tertiary/aromatic N) is 3. The third-order valence-corrected chi connectivity index (χ3v) is 4.39. The normalized spacial score (nSPS) is 21.4. The second-order valence-corrected chi connectivity index (χ2v) is 5.80. The molecule has 1 amide bonds. The summed E-state index contributed by atoms with van der Waals surface area (Å²) in [5.41, 5.74) is 0.540. The van der Waals surface area contributed by atoms with Crippen molar-refractivity contribution in [3.8, 4) is 5.75 Å². The minimum Gasteiger partial charge on any atom is -0.507 e. The Morgan fingerprint density at radius 2 is 2.10 bits per heavy atom. The van der Waals surface area contributed by atoms with E-state index in [-0.39, 0.29) is 11.7 Å². The molecule has 0 aromatic carbocycles. The van der Waals surface area contributed by atoms with Gasteiger partial charge in [-0.25, -0.2) is 0 Å². The van der Waals surface area contributed by atoms with Crippen LogP contribution in [-0.2, 0) is 4.79 Å². The number of thioether (sulfide) groups is 1. The largest absolute Gasteiger partial charge is 0.507 e. The lowest BCUT2D eigenvalue weighted by atomic mass is 10.1. The number of aromatic nitrogens is 1. The molecule has 1 N–H and O–H groups in total. The zero-order valence-electron chi connectivity index (χ0n) is 11.0. The van der Waals surface area contributed by atoms with E-state index in [1.165, 1.54) is 36.6 Å². The highest BCUT2D eigenvalue weighted by Crippen LogP contribution is 2.32. The Kier molecular flexibility index (Phi) is 3.73. The Morgan fingerprint density at radius 3 is 2.85 bits per heavy atom. The molecule has 3 heterocycles. The molecule has 1 aromatic rings. The molecule has 1 fully saturated rings. The van der Waals surface area contributed by atoms with Gasteiger partial charge in [0.15, 0.2) is 5.17 Å². The zero-order chi connectivity index (χ0) is 13.9. The topological polar surface area (TPSA) is 65.8 Å². The van der Waals surface area contributed by atoms with Crippen molar-refractivity contribution >= 4 is 28.9 Å². The number of aromatic hydroxyl groups is 1.